The fourth-order valence-corrected chi connectivity index (χ4v) is 1.66. The predicted molar refractivity (Wildman–Crippen MR) is 59.6 cm³/mol. The Bertz CT molecular complexity index is 520. The molecule has 15 heavy (non-hydrogen) atoms. The van der Waals surface area contributed by atoms with Crippen LogP contribution in [0.3, 0.4) is 0 Å². The summed E-state index contributed by atoms with van der Waals surface area (Å²) in [7, 11) is 0. The highest BCUT2D eigenvalue weighted by molar-refractivity contribution is 5.97. The van der Waals surface area contributed by atoms with E-state index in [4.69, 9.17) is 5.73 Å². The lowest BCUT2D eigenvalue weighted by molar-refractivity contribution is 0.100. The molecule has 0 bridgehead atoms. The van der Waals surface area contributed by atoms with E-state index >= 15 is 0 Å². The van der Waals surface area contributed by atoms with E-state index in [1.165, 1.54) is 5.56 Å². The molecular weight excluding hydrogens is 188 g/mol. The van der Waals surface area contributed by atoms with Crippen molar-refractivity contribution in [2.75, 3.05) is 0 Å². The van der Waals surface area contributed by atoms with Crippen LogP contribution in [0.4, 0.5) is 0 Å². The second-order valence-electron chi connectivity index (χ2n) is 3.42. The van der Waals surface area contributed by atoms with Gasteiger partial charge in [0.2, 0.25) is 5.91 Å². The molecule has 1 aromatic heterocycles. The molecule has 0 aliphatic heterocycles. The molecule has 2 N–H and O–H groups in total. The van der Waals surface area contributed by atoms with Crippen molar-refractivity contribution >= 4 is 16.8 Å². The van der Waals surface area contributed by atoms with Gasteiger partial charge in [0.25, 0.3) is 0 Å². The van der Waals surface area contributed by atoms with Crippen molar-refractivity contribution in [3.63, 3.8) is 0 Å². The summed E-state index contributed by atoms with van der Waals surface area (Å²) in [6, 6.07) is 7.31. The smallest absolute Gasteiger partial charge is 0.248 e. The number of primary amides is 1. The summed E-state index contributed by atoms with van der Waals surface area (Å²) < 4.78 is 0. The molecule has 0 saturated heterocycles. The Morgan fingerprint density at radius 2 is 2.20 bits per heavy atom. The summed E-state index contributed by atoms with van der Waals surface area (Å²) in [4.78, 5) is 15.3. The summed E-state index contributed by atoms with van der Waals surface area (Å²) in [5.74, 6) is -0.400. The summed E-state index contributed by atoms with van der Waals surface area (Å²) in [5.41, 5.74) is 7.86. The third-order valence-corrected chi connectivity index (χ3v) is 2.50. The Morgan fingerprint density at radius 3 is 2.87 bits per heavy atom. The summed E-state index contributed by atoms with van der Waals surface area (Å²) >= 11 is 0. The number of nitrogens with two attached hydrogens (primary N) is 1. The summed E-state index contributed by atoms with van der Waals surface area (Å²) in [6.07, 6.45) is 2.70. The molecular formula is C12H12N2O. The Balaban J connectivity index is 2.72. The van der Waals surface area contributed by atoms with Gasteiger partial charge in [-0.2, -0.15) is 0 Å². The maximum absolute atomic E-state index is 11.0. The molecule has 76 valence electrons. The van der Waals surface area contributed by atoms with Crippen molar-refractivity contribution in [3.8, 4) is 0 Å². The minimum atomic E-state index is -0.400. The SMILES string of the molecule is CCc1ccnc2ccc(C(N)=O)cc12. The molecule has 1 amide bonds. The monoisotopic (exact) mass is 200 g/mol. The second-order valence-corrected chi connectivity index (χ2v) is 3.42. The average molecular weight is 200 g/mol. The molecule has 3 heteroatoms. The third-order valence-electron chi connectivity index (χ3n) is 2.50. The van der Waals surface area contributed by atoms with Crippen LogP contribution in [0, 0.1) is 0 Å². The van der Waals surface area contributed by atoms with E-state index in [0.29, 0.717) is 5.56 Å². The van der Waals surface area contributed by atoms with Crippen LogP contribution in [0.2, 0.25) is 0 Å². The number of nitrogens with zero attached hydrogens (tertiary/aromatic N) is 1. The molecule has 0 unspecified atom stereocenters. The van der Waals surface area contributed by atoms with E-state index in [9.17, 15) is 4.79 Å². The third kappa shape index (κ3) is 1.68. The quantitative estimate of drug-likeness (QED) is 0.804. The first-order valence-electron chi connectivity index (χ1n) is 4.90. The van der Waals surface area contributed by atoms with Crippen molar-refractivity contribution < 1.29 is 4.79 Å². The van der Waals surface area contributed by atoms with Gasteiger partial charge in [-0.05, 0) is 36.2 Å². The Kier molecular flexibility index (Phi) is 2.37. The molecule has 3 nitrogen and oxygen atoms in total. The second kappa shape index (κ2) is 3.69. The van der Waals surface area contributed by atoms with Crippen molar-refractivity contribution in [3.05, 3.63) is 41.6 Å². The predicted octanol–water partition coefficient (Wildman–Crippen LogP) is 1.90. The van der Waals surface area contributed by atoms with Crippen LogP contribution in [-0.4, -0.2) is 10.9 Å². The van der Waals surface area contributed by atoms with Crippen LogP contribution in [0.15, 0.2) is 30.5 Å². The van der Waals surface area contributed by atoms with Gasteiger partial charge in [0.1, 0.15) is 0 Å². The first kappa shape index (κ1) is 9.65. The number of aromatic nitrogens is 1. The molecule has 1 aromatic carbocycles. The molecule has 2 rings (SSSR count). The van der Waals surface area contributed by atoms with E-state index in [1.54, 1.807) is 12.3 Å². The maximum atomic E-state index is 11.0. The van der Waals surface area contributed by atoms with E-state index in [1.807, 2.05) is 18.2 Å². The lowest BCUT2D eigenvalue weighted by atomic mass is 10.0. The molecule has 0 fully saturated rings. The number of carbonyl (C=O) groups excluding carboxylic acids is 1. The number of aryl methyl sites for hydroxylation is 1. The van der Waals surface area contributed by atoms with Gasteiger partial charge in [-0.15, -0.1) is 0 Å². The Morgan fingerprint density at radius 1 is 1.40 bits per heavy atom. The van der Waals surface area contributed by atoms with Gasteiger partial charge in [-0.1, -0.05) is 6.92 Å². The minimum Gasteiger partial charge on any atom is -0.366 e. The molecule has 0 spiro atoms. The highest BCUT2D eigenvalue weighted by Gasteiger charge is 2.04. The van der Waals surface area contributed by atoms with Gasteiger partial charge < -0.3 is 5.73 Å². The molecule has 0 atom stereocenters. The molecule has 0 aliphatic carbocycles. The Labute approximate surface area is 87.9 Å². The zero-order valence-electron chi connectivity index (χ0n) is 8.53. The first-order valence-corrected chi connectivity index (χ1v) is 4.90. The normalized spacial score (nSPS) is 10.5. The van der Waals surface area contributed by atoms with Gasteiger partial charge in [-0.3, -0.25) is 9.78 Å². The van der Waals surface area contributed by atoms with Crippen molar-refractivity contribution in [1.82, 2.24) is 4.98 Å². The zero-order chi connectivity index (χ0) is 10.8. The van der Waals surface area contributed by atoms with Gasteiger partial charge in [0.15, 0.2) is 0 Å². The number of carbonyl (C=O) groups is 1. The van der Waals surface area contributed by atoms with Crippen LogP contribution in [0.25, 0.3) is 10.9 Å². The maximum Gasteiger partial charge on any atom is 0.248 e. The van der Waals surface area contributed by atoms with Crippen LogP contribution in [0.5, 0.6) is 0 Å². The summed E-state index contributed by atoms with van der Waals surface area (Å²) in [6.45, 7) is 2.08. The van der Waals surface area contributed by atoms with Crippen molar-refractivity contribution in [2.24, 2.45) is 5.73 Å². The number of pyridine rings is 1. The van der Waals surface area contributed by atoms with E-state index in [0.717, 1.165) is 17.3 Å². The van der Waals surface area contributed by atoms with Crippen molar-refractivity contribution in [2.45, 2.75) is 13.3 Å². The molecule has 2 aromatic rings. The van der Waals surface area contributed by atoms with Gasteiger partial charge >= 0.3 is 0 Å². The van der Waals surface area contributed by atoms with E-state index < -0.39 is 5.91 Å². The average Bonchev–Trinajstić information content (AvgIpc) is 2.27. The van der Waals surface area contributed by atoms with Crippen LogP contribution in [0.1, 0.15) is 22.8 Å². The topological polar surface area (TPSA) is 56.0 Å². The zero-order valence-corrected chi connectivity index (χ0v) is 8.53. The first-order chi connectivity index (χ1) is 7.22. The highest BCUT2D eigenvalue weighted by atomic mass is 16.1. The van der Waals surface area contributed by atoms with Crippen LogP contribution in [-0.2, 0) is 6.42 Å². The number of fused-ring (bicyclic) bond motifs is 1. The number of hydrogen-bond acceptors (Lipinski definition) is 2. The summed E-state index contributed by atoms with van der Waals surface area (Å²) in [5, 5.41) is 1.01. The molecule has 0 radical (unpaired) electrons. The van der Waals surface area contributed by atoms with Crippen molar-refractivity contribution in [1.29, 1.82) is 0 Å². The molecule has 0 saturated carbocycles. The molecule has 1 heterocycles. The van der Waals surface area contributed by atoms with Gasteiger partial charge in [0.05, 0.1) is 5.52 Å². The number of benzene rings is 1. The number of amides is 1. The van der Waals surface area contributed by atoms with Gasteiger partial charge in [0, 0.05) is 17.1 Å². The Hall–Kier alpha value is -1.90. The van der Waals surface area contributed by atoms with Crippen LogP contribution >= 0.6 is 0 Å². The standard InChI is InChI=1S/C12H12N2O/c1-2-8-5-6-14-11-4-3-9(12(13)15)7-10(8)11/h3-7H,2H2,1H3,(H2,13,15). The lowest BCUT2D eigenvalue weighted by Gasteiger charge is -2.04. The fourth-order valence-electron chi connectivity index (χ4n) is 1.66. The highest BCUT2D eigenvalue weighted by Crippen LogP contribution is 2.18. The van der Waals surface area contributed by atoms with E-state index in [2.05, 4.69) is 11.9 Å². The molecule has 0 aliphatic rings. The number of rotatable bonds is 2. The van der Waals surface area contributed by atoms with Gasteiger partial charge in [-0.25, -0.2) is 0 Å². The largest absolute Gasteiger partial charge is 0.366 e. The minimum absolute atomic E-state index is 0.400. The number of hydrogen-bond donors (Lipinski definition) is 1. The fraction of sp³-hybridized carbons (Fsp3) is 0.167. The van der Waals surface area contributed by atoms with E-state index in [-0.39, 0.29) is 0 Å². The lowest BCUT2D eigenvalue weighted by Crippen LogP contribution is -2.10. The van der Waals surface area contributed by atoms with Crippen LogP contribution < -0.4 is 5.73 Å².